The first-order chi connectivity index (χ1) is 6.33. The lowest BCUT2D eigenvalue weighted by Crippen LogP contribution is -2.28. The zero-order valence-electron chi connectivity index (χ0n) is 9.01. The fourth-order valence-corrected chi connectivity index (χ4v) is 1.25. The van der Waals surface area contributed by atoms with Gasteiger partial charge in [0.15, 0.2) is 0 Å². The van der Waals surface area contributed by atoms with Crippen LogP contribution in [0.1, 0.15) is 39.5 Å². The van der Waals surface area contributed by atoms with E-state index in [2.05, 4.69) is 19.2 Å². The predicted molar refractivity (Wildman–Crippen MR) is 55.9 cm³/mol. The van der Waals surface area contributed by atoms with Gasteiger partial charge in [0.05, 0.1) is 6.10 Å². The van der Waals surface area contributed by atoms with Gasteiger partial charge in [-0.25, -0.2) is 0 Å². The highest BCUT2D eigenvalue weighted by molar-refractivity contribution is 4.72. The molecule has 0 saturated heterocycles. The van der Waals surface area contributed by atoms with Gasteiger partial charge in [0.1, 0.15) is 0 Å². The molecule has 1 rings (SSSR count). The van der Waals surface area contributed by atoms with Crippen molar-refractivity contribution in [3.05, 3.63) is 0 Å². The summed E-state index contributed by atoms with van der Waals surface area (Å²) in [7, 11) is 0. The van der Waals surface area contributed by atoms with Crippen molar-refractivity contribution < 1.29 is 4.74 Å². The Bertz CT molecular complexity index is 123. The van der Waals surface area contributed by atoms with Crippen LogP contribution >= 0.6 is 0 Å². The number of ether oxygens (including phenoxy) is 1. The van der Waals surface area contributed by atoms with Gasteiger partial charge < -0.3 is 10.1 Å². The van der Waals surface area contributed by atoms with Crippen LogP contribution in [-0.2, 0) is 4.74 Å². The molecule has 2 heteroatoms. The van der Waals surface area contributed by atoms with Gasteiger partial charge in [0.25, 0.3) is 0 Å². The Hall–Kier alpha value is -0.0800. The number of hydrogen-bond acceptors (Lipinski definition) is 2. The number of nitrogens with one attached hydrogen (secondary N) is 1. The molecular formula is C11H23NO. The quantitative estimate of drug-likeness (QED) is 0.585. The molecule has 1 unspecified atom stereocenters. The van der Waals surface area contributed by atoms with Crippen molar-refractivity contribution in [2.75, 3.05) is 19.7 Å². The van der Waals surface area contributed by atoms with E-state index in [4.69, 9.17) is 4.74 Å². The topological polar surface area (TPSA) is 21.3 Å². The highest BCUT2D eigenvalue weighted by atomic mass is 16.5. The summed E-state index contributed by atoms with van der Waals surface area (Å²) in [5, 5.41) is 3.41. The van der Waals surface area contributed by atoms with Crippen molar-refractivity contribution in [1.82, 2.24) is 5.32 Å². The van der Waals surface area contributed by atoms with E-state index in [1.54, 1.807) is 0 Å². The molecule has 0 radical (unpaired) electrons. The first-order valence-corrected chi connectivity index (χ1v) is 5.65. The standard InChI is InChI=1S/C11H23NO/c1-3-4-7-12-8-10(2)13-9-11-5-6-11/h10-12H,3-9H2,1-2H3. The maximum Gasteiger partial charge on any atom is 0.0671 e. The van der Waals surface area contributed by atoms with Crippen LogP contribution < -0.4 is 5.32 Å². The largest absolute Gasteiger partial charge is 0.377 e. The Labute approximate surface area is 82.0 Å². The first kappa shape index (κ1) is 11.0. The molecule has 1 fully saturated rings. The molecule has 0 heterocycles. The molecule has 0 aromatic heterocycles. The summed E-state index contributed by atoms with van der Waals surface area (Å²) < 4.78 is 5.68. The van der Waals surface area contributed by atoms with Gasteiger partial charge in [-0.15, -0.1) is 0 Å². The van der Waals surface area contributed by atoms with Crippen molar-refractivity contribution in [2.45, 2.75) is 45.6 Å². The Morgan fingerprint density at radius 2 is 2.23 bits per heavy atom. The average Bonchev–Trinajstić information content (AvgIpc) is 2.92. The maximum atomic E-state index is 5.68. The lowest BCUT2D eigenvalue weighted by molar-refractivity contribution is 0.0584. The van der Waals surface area contributed by atoms with Crippen molar-refractivity contribution in [2.24, 2.45) is 5.92 Å². The van der Waals surface area contributed by atoms with Gasteiger partial charge in [0, 0.05) is 13.2 Å². The summed E-state index contributed by atoms with van der Waals surface area (Å²) in [5.74, 6) is 0.887. The molecule has 0 spiro atoms. The van der Waals surface area contributed by atoms with Gasteiger partial charge in [0.2, 0.25) is 0 Å². The Morgan fingerprint density at radius 3 is 2.85 bits per heavy atom. The van der Waals surface area contributed by atoms with Crippen LogP contribution in [0.3, 0.4) is 0 Å². The molecule has 1 saturated carbocycles. The van der Waals surface area contributed by atoms with E-state index >= 15 is 0 Å². The van der Waals surface area contributed by atoms with Crippen molar-refractivity contribution in [3.8, 4) is 0 Å². The molecule has 1 atom stereocenters. The molecule has 1 aliphatic rings. The van der Waals surface area contributed by atoms with E-state index in [1.807, 2.05) is 0 Å². The smallest absolute Gasteiger partial charge is 0.0671 e. The van der Waals surface area contributed by atoms with Crippen molar-refractivity contribution >= 4 is 0 Å². The van der Waals surface area contributed by atoms with Crippen LogP contribution in [-0.4, -0.2) is 25.8 Å². The highest BCUT2D eigenvalue weighted by Gasteiger charge is 2.21. The minimum Gasteiger partial charge on any atom is -0.377 e. The summed E-state index contributed by atoms with van der Waals surface area (Å²) in [6.07, 6.45) is 5.70. The van der Waals surface area contributed by atoms with Gasteiger partial charge >= 0.3 is 0 Å². The van der Waals surface area contributed by atoms with Crippen LogP contribution in [0.2, 0.25) is 0 Å². The third-order valence-corrected chi connectivity index (χ3v) is 2.45. The fraction of sp³-hybridized carbons (Fsp3) is 1.00. The first-order valence-electron chi connectivity index (χ1n) is 5.65. The Morgan fingerprint density at radius 1 is 1.46 bits per heavy atom. The molecule has 0 aromatic carbocycles. The molecule has 78 valence electrons. The number of rotatable bonds is 8. The summed E-state index contributed by atoms with van der Waals surface area (Å²) in [6, 6.07) is 0. The van der Waals surface area contributed by atoms with Crippen LogP contribution in [0.15, 0.2) is 0 Å². The Balaban J connectivity index is 1.81. The van der Waals surface area contributed by atoms with Gasteiger partial charge in [-0.1, -0.05) is 13.3 Å². The van der Waals surface area contributed by atoms with Crippen LogP contribution in [0.4, 0.5) is 0 Å². The fourth-order valence-electron chi connectivity index (χ4n) is 1.25. The summed E-state index contributed by atoms with van der Waals surface area (Å²) in [4.78, 5) is 0. The van der Waals surface area contributed by atoms with Crippen molar-refractivity contribution in [3.63, 3.8) is 0 Å². The third-order valence-electron chi connectivity index (χ3n) is 2.45. The van der Waals surface area contributed by atoms with Gasteiger partial charge in [-0.05, 0) is 38.6 Å². The maximum absolute atomic E-state index is 5.68. The van der Waals surface area contributed by atoms with E-state index in [0.29, 0.717) is 6.10 Å². The summed E-state index contributed by atoms with van der Waals surface area (Å²) in [5.41, 5.74) is 0. The van der Waals surface area contributed by atoms with E-state index < -0.39 is 0 Å². The minimum atomic E-state index is 0.387. The summed E-state index contributed by atoms with van der Waals surface area (Å²) >= 11 is 0. The molecule has 13 heavy (non-hydrogen) atoms. The van der Waals surface area contributed by atoms with E-state index in [9.17, 15) is 0 Å². The predicted octanol–water partition coefficient (Wildman–Crippen LogP) is 2.19. The third kappa shape index (κ3) is 6.05. The Kier molecular flexibility index (Phi) is 5.40. The zero-order chi connectivity index (χ0) is 9.52. The zero-order valence-corrected chi connectivity index (χ0v) is 9.01. The van der Waals surface area contributed by atoms with E-state index in [1.165, 1.54) is 25.7 Å². The van der Waals surface area contributed by atoms with Gasteiger partial charge in [-0.3, -0.25) is 0 Å². The number of unbranched alkanes of at least 4 members (excludes halogenated alkanes) is 1. The molecule has 0 bridgehead atoms. The SMILES string of the molecule is CCCCNCC(C)OCC1CC1. The van der Waals surface area contributed by atoms with Crippen molar-refractivity contribution in [1.29, 1.82) is 0 Å². The molecular weight excluding hydrogens is 162 g/mol. The lowest BCUT2D eigenvalue weighted by atomic mass is 10.3. The van der Waals surface area contributed by atoms with Crippen LogP contribution in [0.25, 0.3) is 0 Å². The van der Waals surface area contributed by atoms with Crippen LogP contribution in [0.5, 0.6) is 0 Å². The second-order valence-electron chi connectivity index (χ2n) is 4.15. The molecule has 0 aromatic rings. The average molecular weight is 185 g/mol. The minimum absolute atomic E-state index is 0.387. The van der Waals surface area contributed by atoms with E-state index in [-0.39, 0.29) is 0 Å². The normalized spacial score (nSPS) is 18.9. The number of hydrogen-bond donors (Lipinski definition) is 1. The molecule has 0 amide bonds. The second kappa shape index (κ2) is 6.39. The van der Waals surface area contributed by atoms with Crippen LogP contribution in [0, 0.1) is 5.92 Å². The molecule has 0 aliphatic heterocycles. The molecule has 2 nitrogen and oxygen atoms in total. The second-order valence-corrected chi connectivity index (χ2v) is 4.15. The summed E-state index contributed by atoms with van der Waals surface area (Å²) in [6.45, 7) is 7.49. The molecule has 1 aliphatic carbocycles. The monoisotopic (exact) mass is 185 g/mol. The van der Waals surface area contributed by atoms with E-state index in [0.717, 1.165) is 25.6 Å². The van der Waals surface area contributed by atoms with Gasteiger partial charge in [-0.2, -0.15) is 0 Å². The molecule has 1 N–H and O–H groups in total. The lowest BCUT2D eigenvalue weighted by Gasteiger charge is -2.13. The highest BCUT2D eigenvalue weighted by Crippen LogP contribution is 2.29.